The third kappa shape index (κ3) is 6.99. The van der Waals surface area contributed by atoms with Crippen LogP contribution < -0.4 is 20.1 Å². The van der Waals surface area contributed by atoms with Crippen LogP contribution in [0.15, 0.2) is 53.4 Å². The van der Waals surface area contributed by atoms with Crippen molar-refractivity contribution in [2.45, 2.75) is 31.2 Å². The van der Waals surface area contributed by atoms with Gasteiger partial charge in [-0.1, -0.05) is 19.9 Å². The van der Waals surface area contributed by atoms with Crippen LogP contribution in [-0.2, 0) is 14.8 Å². The number of rotatable bonds is 10. The highest BCUT2D eigenvalue weighted by atomic mass is 32.2. The first-order valence-electron chi connectivity index (χ1n) is 9.88. The van der Waals surface area contributed by atoms with Crippen LogP contribution in [0.3, 0.4) is 0 Å². The normalized spacial score (nSPS) is 11.8. The van der Waals surface area contributed by atoms with Crippen LogP contribution in [-0.4, -0.2) is 39.9 Å². The minimum absolute atomic E-state index is 0.0410. The van der Waals surface area contributed by atoms with Crippen molar-refractivity contribution in [2.24, 2.45) is 5.92 Å². The van der Waals surface area contributed by atoms with Crippen LogP contribution in [0.4, 0.5) is 5.69 Å². The van der Waals surface area contributed by atoms with Crippen LogP contribution in [0.25, 0.3) is 0 Å². The lowest BCUT2D eigenvalue weighted by Crippen LogP contribution is -2.47. The lowest BCUT2D eigenvalue weighted by molar-refractivity contribution is -0.123. The highest BCUT2D eigenvalue weighted by molar-refractivity contribution is 7.92. The average Bonchev–Trinajstić information content (AvgIpc) is 2.76. The Kier molecular flexibility index (Phi) is 8.61. The number of hydrogen-bond acceptors (Lipinski definition) is 6. The number of nitriles is 1. The number of nitrogens with zero attached hydrogens (tertiary/aromatic N) is 1. The van der Waals surface area contributed by atoms with Gasteiger partial charge in [0.05, 0.1) is 18.1 Å². The van der Waals surface area contributed by atoms with E-state index in [4.69, 9.17) is 10.00 Å². The second-order valence-corrected chi connectivity index (χ2v) is 9.08. The Morgan fingerprint density at radius 3 is 2.41 bits per heavy atom. The average molecular weight is 459 g/mol. The van der Waals surface area contributed by atoms with E-state index in [0.717, 1.165) is 0 Å². The first-order valence-corrected chi connectivity index (χ1v) is 11.4. The summed E-state index contributed by atoms with van der Waals surface area (Å²) in [6.45, 7) is 3.66. The molecule has 170 valence electrons. The van der Waals surface area contributed by atoms with Gasteiger partial charge in [-0.05, 0) is 54.8 Å². The van der Waals surface area contributed by atoms with E-state index in [1.807, 2.05) is 19.9 Å². The molecule has 3 N–H and O–H groups in total. The molecule has 0 radical (unpaired) electrons. The number of nitrogens with one attached hydrogen (secondary N) is 3. The Morgan fingerprint density at radius 2 is 1.81 bits per heavy atom. The molecule has 0 saturated heterocycles. The smallest absolute Gasteiger partial charge is 0.261 e. The van der Waals surface area contributed by atoms with Crippen molar-refractivity contribution >= 4 is 27.5 Å². The summed E-state index contributed by atoms with van der Waals surface area (Å²) in [6.07, 6.45) is 0.382. The Labute approximate surface area is 187 Å². The molecule has 0 bridgehead atoms. The number of anilines is 1. The molecule has 10 heteroatoms. The number of carbonyl (C=O) groups is 2. The number of sulfonamides is 1. The van der Waals surface area contributed by atoms with Crippen molar-refractivity contribution < 1.29 is 22.7 Å². The molecular weight excluding hydrogens is 432 g/mol. The molecule has 2 aromatic carbocycles. The first kappa shape index (κ1) is 24.7. The fraction of sp³-hybridized carbons (Fsp3) is 0.318. The summed E-state index contributed by atoms with van der Waals surface area (Å²) < 4.78 is 32.8. The van der Waals surface area contributed by atoms with E-state index >= 15 is 0 Å². The van der Waals surface area contributed by atoms with Gasteiger partial charge in [0.1, 0.15) is 18.3 Å². The van der Waals surface area contributed by atoms with Gasteiger partial charge in [0, 0.05) is 11.3 Å². The molecule has 1 atom stereocenters. The summed E-state index contributed by atoms with van der Waals surface area (Å²) in [4.78, 5) is 25.1. The van der Waals surface area contributed by atoms with Crippen molar-refractivity contribution in [3.63, 3.8) is 0 Å². The second-order valence-electron chi connectivity index (χ2n) is 7.39. The van der Waals surface area contributed by atoms with Gasteiger partial charge in [-0.3, -0.25) is 14.3 Å². The molecule has 1 unspecified atom stereocenters. The Bertz CT molecular complexity index is 1090. The Morgan fingerprint density at radius 1 is 1.12 bits per heavy atom. The second kappa shape index (κ2) is 11.2. The number of benzene rings is 2. The number of ether oxygens (including phenoxy) is 1. The molecule has 0 spiro atoms. The summed E-state index contributed by atoms with van der Waals surface area (Å²) >= 11 is 0. The Hall–Kier alpha value is -3.58. The topological polar surface area (TPSA) is 137 Å². The van der Waals surface area contributed by atoms with Gasteiger partial charge >= 0.3 is 0 Å². The first-order chi connectivity index (χ1) is 15.2. The minimum Gasteiger partial charge on any atom is -0.497 e. The van der Waals surface area contributed by atoms with Crippen LogP contribution >= 0.6 is 0 Å². The van der Waals surface area contributed by atoms with E-state index < -0.39 is 27.9 Å². The number of carbonyl (C=O) groups excluding carboxylic acids is 2. The molecule has 0 aromatic heterocycles. The molecule has 0 heterocycles. The van der Waals surface area contributed by atoms with Crippen LogP contribution in [0.5, 0.6) is 5.75 Å². The number of amides is 2. The predicted octanol–water partition coefficient (Wildman–Crippen LogP) is 2.28. The largest absolute Gasteiger partial charge is 0.497 e. The molecular formula is C22H26N4O5S. The predicted molar refractivity (Wildman–Crippen MR) is 120 cm³/mol. The van der Waals surface area contributed by atoms with Crippen LogP contribution in [0.2, 0.25) is 0 Å². The fourth-order valence-electron chi connectivity index (χ4n) is 2.89. The Balaban J connectivity index is 2.17. The fourth-order valence-corrected chi connectivity index (χ4v) is 3.94. The van der Waals surface area contributed by atoms with Crippen molar-refractivity contribution in [3.05, 3.63) is 54.1 Å². The summed E-state index contributed by atoms with van der Waals surface area (Å²) in [5, 5.41) is 13.8. The molecule has 2 amide bonds. The summed E-state index contributed by atoms with van der Waals surface area (Å²) in [5.74, 6) is -0.341. The van der Waals surface area contributed by atoms with Crippen molar-refractivity contribution in [2.75, 3.05) is 18.4 Å². The van der Waals surface area contributed by atoms with E-state index in [2.05, 4.69) is 15.4 Å². The van der Waals surface area contributed by atoms with Gasteiger partial charge in [-0.15, -0.1) is 0 Å². The molecule has 2 rings (SSSR count). The maximum absolute atomic E-state index is 12.7. The quantitative estimate of drug-likeness (QED) is 0.467. The maximum Gasteiger partial charge on any atom is 0.261 e. The minimum atomic E-state index is -3.88. The van der Waals surface area contributed by atoms with Gasteiger partial charge in [0.15, 0.2) is 0 Å². The van der Waals surface area contributed by atoms with Crippen molar-refractivity contribution in [3.8, 4) is 11.8 Å². The molecule has 2 aromatic rings. The highest BCUT2D eigenvalue weighted by Crippen LogP contribution is 2.20. The highest BCUT2D eigenvalue weighted by Gasteiger charge is 2.23. The number of methoxy groups -OCH3 is 1. The molecule has 0 aliphatic heterocycles. The van der Waals surface area contributed by atoms with Gasteiger partial charge in [-0.2, -0.15) is 5.26 Å². The molecule has 0 aliphatic rings. The van der Waals surface area contributed by atoms with E-state index in [-0.39, 0.29) is 28.6 Å². The summed E-state index contributed by atoms with van der Waals surface area (Å²) in [5.41, 5.74) is 0.379. The van der Waals surface area contributed by atoms with Gasteiger partial charge in [0.2, 0.25) is 5.91 Å². The van der Waals surface area contributed by atoms with Crippen molar-refractivity contribution in [1.82, 2.24) is 10.6 Å². The molecule has 0 saturated carbocycles. The summed E-state index contributed by atoms with van der Waals surface area (Å²) in [6, 6.07) is 12.8. The molecule has 0 fully saturated rings. The monoisotopic (exact) mass is 458 g/mol. The lowest BCUT2D eigenvalue weighted by Gasteiger charge is -2.19. The zero-order valence-corrected chi connectivity index (χ0v) is 18.9. The van der Waals surface area contributed by atoms with E-state index in [9.17, 15) is 18.0 Å². The van der Waals surface area contributed by atoms with Gasteiger partial charge in [-0.25, -0.2) is 8.42 Å². The molecule has 0 aliphatic carbocycles. The van der Waals surface area contributed by atoms with Crippen LogP contribution in [0.1, 0.15) is 30.6 Å². The van der Waals surface area contributed by atoms with Crippen molar-refractivity contribution in [1.29, 1.82) is 5.26 Å². The SMILES string of the molecule is COc1ccc(S(=O)(=O)Nc2cccc(C(=O)NC(CC(C)C)C(=O)NCC#N)c2)cc1. The zero-order valence-electron chi connectivity index (χ0n) is 18.1. The molecule has 32 heavy (non-hydrogen) atoms. The standard InChI is InChI=1S/C22H26N4O5S/c1-15(2)13-20(22(28)24-12-11-23)25-21(27)16-5-4-6-17(14-16)26-32(29,30)19-9-7-18(31-3)8-10-19/h4-10,14-15,20,26H,12-13H2,1-3H3,(H,24,28)(H,25,27). The molecule has 9 nitrogen and oxygen atoms in total. The zero-order chi connectivity index (χ0) is 23.7. The van der Waals surface area contributed by atoms with Gasteiger partial charge in [0.25, 0.3) is 15.9 Å². The van der Waals surface area contributed by atoms with Gasteiger partial charge < -0.3 is 15.4 Å². The third-order valence-electron chi connectivity index (χ3n) is 4.42. The third-order valence-corrected chi connectivity index (χ3v) is 5.81. The van der Waals surface area contributed by atoms with E-state index in [0.29, 0.717) is 12.2 Å². The number of hydrogen-bond donors (Lipinski definition) is 3. The van der Waals surface area contributed by atoms with E-state index in [1.165, 1.54) is 55.6 Å². The maximum atomic E-state index is 12.7. The summed E-state index contributed by atoms with van der Waals surface area (Å²) in [7, 11) is -2.39. The van der Waals surface area contributed by atoms with E-state index in [1.54, 1.807) is 0 Å². The van der Waals surface area contributed by atoms with Crippen LogP contribution in [0, 0.1) is 17.2 Å². The lowest BCUT2D eigenvalue weighted by atomic mass is 10.0.